The van der Waals surface area contributed by atoms with Crippen molar-refractivity contribution in [2.24, 2.45) is 11.3 Å². The molecule has 2 unspecified atom stereocenters. The van der Waals surface area contributed by atoms with Gasteiger partial charge in [0.05, 0.1) is 20.1 Å². The first-order valence-electron chi connectivity index (χ1n) is 17.4. The first-order chi connectivity index (χ1) is 22.8. The number of methoxy groups -OCH3 is 1. The minimum atomic E-state index is -0.815. The van der Waals surface area contributed by atoms with Gasteiger partial charge < -0.3 is 25.7 Å². The van der Waals surface area contributed by atoms with Crippen molar-refractivity contribution in [3.8, 4) is 11.5 Å². The van der Waals surface area contributed by atoms with Crippen LogP contribution >= 0.6 is 0 Å². The molecule has 2 atom stereocenters. The molecule has 2 heterocycles. The number of phenols is 1. The van der Waals surface area contributed by atoms with Crippen LogP contribution in [0.1, 0.15) is 117 Å². The van der Waals surface area contributed by atoms with E-state index in [4.69, 9.17) is 10.5 Å². The van der Waals surface area contributed by atoms with Gasteiger partial charge in [-0.15, -0.1) is 0 Å². The molecule has 1 aromatic carbocycles. The monoisotopic (exact) mass is 641 g/mol. The van der Waals surface area contributed by atoms with Crippen LogP contribution in [0.3, 0.4) is 0 Å². The summed E-state index contributed by atoms with van der Waals surface area (Å²) >= 11 is 0. The van der Waals surface area contributed by atoms with E-state index >= 15 is 0 Å². The summed E-state index contributed by atoms with van der Waals surface area (Å²) in [7, 11) is 1.50. The number of benzene rings is 1. The number of ketones is 2. The van der Waals surface area contributed by atoms with Gasteiger partial charge in [0.15, 0.2) is 11.5 Å². The lowest BCUT2D eigenvalue weighted by atomic mass is 9.63. The number of aromatic amines is 1. The molecule has 1 saturated carbocycles. The molecule has 3 aromatic rings. The Bertz CT molecular complexity index is 1530. The number of nitrogens with zero attached hydrogens (tertiary/aromatic N) is 1. The van der Waals surface area contributed by atoms with E-state index in [1.54, 1.807) is 12.3 Å². The van der Waals surface area contributed by atoms with Crippen molar-refractivity contribution >= 4 is 23.5 Å². The maximum Gasteiger partial charge on any atom is 0.161 e. The average Bonchev–Trinajstić information content (AvgIpc) is 3.59. The Morgan fingerprint density at radius 3 is 2.57 bits per heavy atom. The summed E-state index contributed by atoms with van der Waals surface area (Å²) < 4.78 is 5.60. The number of Topliss-reactive ketones (excluding diaryl/α,β-unsaturated/α-hetero) is 2. The maximum absolute atomic E-state index is 12.9. The van der Waals surface area contributed by atoms with Crippen LogP contribution in [0.25, 0.3) is 6.08 Å². The van der Waals surface area contributed by atoms with Crippen LogP contribution in [0.15, 0.2) is 48.8 Å². The zero-order chi connectivity index (χ0) is 33.2. The smallest absolute Gasteiger partial charge is 0.161 e. The summed E-state index contributed by atoms with van der Waals surface area (Å²) in [5.41, 5.74) is 9.38. The predicted molar refractivity (Wildman–Crippen MR) is 185 cm³/mol. The van der Waals surface area contributed by atoms with Crippen molar-refractivity contribution in [1.29, 1.82) is 0 Å². The number of carbonyl (C=O) groups is 2. The van der Waals surface area contributed by atoms with Crippen molar-refractivity contribution < 1.29 is 24.5 Å². The Morgan fingerprint density at radius 1 is 1.04 bits per heavy atom. The number of anilines is 1. The number of fused-ring (bicyclic) bond motifs is 1. The predicted octanol–water partition coefficient (Wildman–Crippen LogP) is 7.47. The minimum absolute atomic E-state index is 0.0140. The van der Waals surface area contributed by atoms with Crippen molar-refractivity contribution in [2.75, 3.05) is 19.5 Å². The molecule has 0 amide bonds. The number of nitrogens with one attached hydrogen (secondary N) is 1. The number of aryl methyl sites for hydroxylation is 1. The summed E-state index contributed by atoms with van der Waals surface area (Å²) in [6.07, 6.45) is 21.4. The topological polar surface area (TPSA) is 139 Å². The second kappa shape index (κ2) is 16.3. The molecule has 2 aliphatic rings. The van der Waals surface area contributed by atoms with Gasteiger partial charge in [0, 0.05) is 53.4 Å². The Balaban J connectivity index is 1.25. The molecule has 2 aliphatic carbocycles. The molecule has 8 nitrogen and oxygen atoms in total. The fraction of sp³-hybridized carbons (Fsp3) is 0.513. The number of pyridine rings is 1. The van der Waals surface area contributed by atoms with E-state index in [0.717, 1.165) is 47.6 Å². The van der Waals surface area contributed by atoms with E-state index in [1.807, 2.05) is 42.6 Å². The van der Waals surface area contributed by atoms with Gasteiger partial charge in [-0.05, 0) is 60.6 Å². The van der Waals surface area contributed by atoms with E-state index in [9.17, 15) is 19.8 Å². The van der Waals surface area contributed by atoms with E-state index in [2.05, 4.69) is 9.97 Å². The molecular formula is C39H51N3O5. The Morgan fingerprint density at radius 2 is 1.83 bits per heavy atom. The fourth-order valence-corrected chi connectivity index (χ4v) is 7.74. The molecule has 252 valence electrons. The lowest BCUT2D eigenvalue weighted by molar-refractivity contribution is -0.127. The number of H-pyrrole nitrogens is 1. The normalized spacial score (nSPS) is 19.4. The van der Waals surface area contributed by atoms with Gasteiger partial charge in [0.1, 0.15) is 17.4 Å². The van der Waals surface area contributed by atoms with Gasteiger partial charge in [-0.2, -0.15) is 0 Å². The molecule has 5 rings (SSSR count). The van der Waals surface area contributed by atoms with Crippen LogP contribution in [0.4, 0.5) is 5.82 Å². The molecule has 0 aliphatic heterocycles. The zero-order valence-corrected chi connectivity index (χ0v) is 27.8. The van der Waals surface area contributed by atoms with Crippen LogP contribution < -0.4 is 10.5 Å². The minimum Gasteiger partial charge on any atom is -0.504 e. The number of hydrogen-bond acceptors (Lipinski definition) is 7. The largest absolute Gasteiger partial charge is 0.504 e. The van der Waals surface area contributed by atoms with E-state index < -0.39 is 11.3 Å². The highest BCUT2D eigenvalue weighted by molar-refractivity contribution is 5.99. The number of nitrogens with two attached hydrogens (primary N) is 1. The number of unbranched alkanes of at least 4 members (excludes halogenated alkanes) is 3. The van der Waals surface area contributed by atoms with Crippen molar-refractivity contribution in [2.45, 2.75) is 102 Å². The lowest BCUT2D eigenvalue weighted by Gasteiger charge is -2.41. The van der Waals surface area contributed by atoms with Gasteiger partial charge in [-0.25, -0.2) is 4.98 Å². The number of phenolic OH excluding ortho intramolecular Hbond substituents is 1. The van der Waals surface area contributed by atoms with E-state index in [0.29, 0.717) is 30.6 Å². The number of ether oxygens (including phenoxy) is 1. The quantitative estimate of drug-likeness (QED) is 0.0886. The molecule has 5 N–H and O–H groups in total. The molecule has 1 fully saturated rings. The number of aromatic nitrogens is 2. The van der Waals surface area contributed by atoms with Gasteiger partial charge in [-0.3, -0.25) is 9.59 Å². The standard InChI is InChI=1S/C39H51N3O5/c1-47-35-23-28(15-16-31(45)24-30(44)14-8-3-2-5-10-27-11-6-4-7-12-27)22-34(37(35)46)36-32-18-21-42-38(40)33(32)17-19-39(36,26-43)25-29-13-9-20-41-29/h9,13,17-23,27,36,41,43,46H,2-8,10-12,14-16,24-26H2,1H3,(H2,40,42). The molecular weight excluding hydrogens is 590 g/mol. The van der Waals surface area contributed by atoms with Crippen molar-refractivity contribution in [3.05, 3.63) is 76.7 Å². The Kier molecular flexibility index (Phi) is 11.9. The average molecular weight is 642 g/mol. The van der Waals surface area contributed by atoms with Crippen molar-refractivity contribution in [1.82, 2.24) is 9.97 Å². The first kappa shape index (κ1) is 34.4. The maximum atomic E-state index is 12.9. The summed E-state index contributed by atoms with van der Waals surface area (Å²) in [6.45, 7) is -0.193. The molecule has 0 spiro atoms. The van der Waals surface area contributed by atoms with Gasteiger partial charge >= 0.3 is 0 Å². The number of aliphatic hydroxyl groups excluding tert-OH is 1. The summed E-state index contributed by atoms with van der Waals surface area (Å²) in [4.78, 5) is 33.0. The van der Waals surface area contributed by atoms with Crippen LogP contribution in [-0.2, 0) is 22.4 Å². The van der Waals surface area contributed by atoms with E-state index in [-0.39, 0.29) is 42.5 Å². The molecule has 0 bridgehead atoms. The SMILES string of the molecule is COc1cc(CCC(=O)CC(=O)CCCCCCC2CCCCC2)cc(C2c3ccnc(N)c3C=CC2(CO)Cc2ccc[nH]2)c1O. The second-order valence-corrected chi connectivity index (χ2v) is 13.7. The van der Waals surface area contributed by atoms with Gasteiger partial charge in [0.25, 0.3) is 0 Å². The highest BCUT2D eigenvalue weighted by atomic mass is 16.5. The first-order valence-corrected chi connectivity index (χ1v) is 17.4. The summed E-state index contributed by atoms with van der Waals surface area (Å²) in [5, 5.41) is 22.5. The summed E-state index contributed by atoms with van der Waals surface area (Å²) in [5.74, 6) is 0.974. The lowest BCUT2D eigenvalue weighted by Crippen LogP contribution is -2.36. The van der Waals surface area contributed by atoms with Gasteiger partial charge in [-0.1, -0.05) is 76.0 Å². The molecule has 8 heteroatoms. The van der Waals surface area contributed by atoms with Crippen LogP contribution in [0.5, 0.6) is 11.5 Å². The Labute approximate surface area is 278 Å². The van der Waals surface area contributed by atoms with Crippen LogP contribution in [-0.4, -0.2) is 45.5 Å². The third kappa shape index (κ3) is 8.52. The molecule has 47 heavy (non-hydrogen) atoms. The second-order valence-electron chi connectivity index (χ2n) is 13.7. The number of carbonyl (C=O) groups excluding carboxylic acids is 2. The molecule has 2 aromatic heterocycles. The highest BCUT2D eigenvalue weighted by Crippen LogP contribution is 2.53. The molecule has 0 radical (unpaired) electrons. The third-order valence-corrected chi connectivity index (χ3v) is 10.3. The molecule has 0 saturated heterocycles. The number of hydrogen-bond donors (Lipinski definition) is 4. The number of rotatable bonds is 17. The van der Waals surface area contributed by atoms with Gasteiger partial charge in [0.2, 0.25) is 0 Å². The fourth-order valence-electron chi connectivity index (χ4n) is 7.74. The van der Waals surface area contributed by atoms with Crippen LogP contribution in [0.2, 0.25) is 0 Å². The number of nitrogen functional groups attached to an aromatic ring is 1. The number of aromatic hydroxyl groups is 1. The summed E-state index contributed by atoms with van der Waals surface area (Å²) in [6, 6.07) is 9.40. The van der Waals surface area contributed by atoms with E-state index in [1.165, 1.54) is 52.1 Å². The Hall–Kier alpha value is -3.91. The number of aliphatic hydroxyl groups is 1. The third-order valence-electron chi connectivity index (χ3n) is 10.3. The highest BCUT2D eigenvalue weighted by Gasteiger charge is 2.44. The zero-order valence-electron chi connectivity index (χ0n) is 27.8. The van der Waals surface area contributed by atoms with Crippen LogP contribution in [0, 0.1) is 11.3 Å². The van der Waals surface area contributed by atoms with Crippen molar-refractivity contribution in [3.63, 3.8) is 0 Å².